The molecule has 2 rings (SSSR count). The topological polar surface area (TPSA) is 84.8 Å². The smallest absolute Gasteiger partial charge is 0.291 e. The SMILES string of the molecule is COc1ccc(CCCC(=O)C(=O)Nc2ccc(Br)c(N=O)c2)cc1. The molecule has 1 amide bonds. The van der Waals surface area contributed by atoms with Crippen molar-refractivity contribution in [3.63, 3.8) is 0 Å². The first kappa shape index (κ1) is 18.8. The number of carbonyl (C=O) groups is 2. The Bertz CT molecular complexity index is 775. The molecule has 130 valence electrons. The van der Waals surface area contributed by atoms with E-state index in [0.29, 0.717) is 23.0 Å². The lowest BCUT2D eigenvalue weighted by Crippen LogP contribution is -2.22. The summed E-state index contributed by atoms with van der Waals surface area (Å²) in [7, 11) is 1.60. The van der Waals surface area contributed by atoms with E-state index in [2.05, 4.69) is 26.4 Å². The summed E-state index contributed by atoms with van der Waals surface area (Å²) in [4.78, 5) is 34.5. The summed E-state index contributed by atoms with van der Waals surface area (Å²) in [6.07, 6.45) is 1.41. The van der Waals surface area contributed by atoms with Crippen molar-refractivity contribution in [3.8, 4) is 5.75 Å². The number of carbonyl (C=O) groups excluding carboxylic acids is 2. The van der Waals surface area contributed by atoms with E-state index < -0.39 is 11.7 Å². The first-order valence-corrected chi connectivity index (χ1v) is 8.43. The summed E-state index contributed by atoms with van der Waals surface area (Å²) in [6.45, 7) is 0. The first-order chi connectivity index (χ1) is 12.0. The van der Waals surface area contributed by atoms with Gasteiger partial charge in [0.05, 0.1) is 7.11 Å². The van der Waals surface area contributed by atoms with E-state index in [0.717, 1.165) is 11.3 Å². The van der Waals surface area contributed by atoms with Crippen molar-refractivity contribution in [2.24, 2.45) is 5.18 Å². The third kappa shape index (κ3) is 5.49. The number of nitrogens with zero attached hydrogens (tertiary/aromatic N) is 1. The van der Waals surface area contributed by atoms with Crippen LogP contribution in [0, 0.1) is 4.91 Å². The number of anilines is 1. The van der Waals surface area contributed by atoms with Crippen LogP contribution in [-0.4, -0.2) is 18.8 Å². The molecule has 0 atom stereocenters. The minimum atomic E-state index is -0.700. The van der Waals surface area contributed by atoms with Crippen LogP contribution in [0.3, 0.4) is 0 Å². The summed E-state index contributed by atoms with van der Waals surface area (Å²) in [5, 5.41) is 5.32. The number of benzene rings is 2. The molecular formula is C18H17BrN2O4. The van der Waals surface area contributed by atoms with Gasteiger partial charge in [0.1, 0.15) is 11.4 Å². The quantitative estimate of drug-likeness (QED) is 0.522. The Labute approximate surface area is 153 Å². The highest BCUT2D eigenvalue weighted by Crippen LogP contribution is 2.28. The predicted octanol–water partition coefficient (Wildman–Crippen LogP) is 4.39. The van der Waals surface area contributed by atoms with Gasteiger partial charge in [0.25, 0.3) is 5.91 Å². The van der Waals surface area contributed by atoms with Crippen molar-refractivity contribution in [1.82, 2.24) is 0 Å². The van der Waals surface area contributed by atoms with Gasteiger partial charge in [-0.2, -0.15) is 0 Å². The molecule has 2 aromatic rings. The molecule has 0 aliphatic rings. The molecule has 0 aromatic heterocycles. The normalized spacial score (nSPS) is 10.2. The maximum atomic E-state index is 11.9. The summed E-state index contributed by atoms with van der Waals surface area (Å²) in [5.74, 6) is -0.427. The molecular weight excluding hydrogens is 388 g/mol. The van der Waals surface area contributed by atoms with Gasteiger partial charge in [0.2, 0.25) is 5.78 Å². The summed E-state index contributed by atoms with van der Waals surface area (Å²) >= 11 is 3.17. The van der Waals surface area contributed by atoms with Crippen LogP contribution < -0.4 is 10.1 Å². The predicted molar refractivity (Wildman–Crippen MR) is 99.2 cm³/mol. The van der Waals surface area contributed by atoms with Gasteiger partial charge in [-0.15, -0.1) is 4.91 Å². The zero-order valence-electron chi connectivity index (χ0n) is 13.6. The maximum absolute atomic E-state index is 11.9. The van der Waals surface area contributed by atoms with Crippen LogP contribution in [-0.2, 0) is 16.0 Å². The standard InChI is InChI=1S/C18H17BrN2O4/c1-25-14-8-5-12(6-9-14)3-2-4-17(22)18(23)20-13-7-10-15(19)16(11-13)21-24/h5-11H,2-4H2,1H3,(H,20,23). The Morgan fingerprint density at radius 1 is 1.16 bits per heavy atom. The molecule has 0 saturated carbocycles. The fourth-order valence-corrected chi connectivity index (χ4v) is 2.54. The number of nitroso groups, excluding NO2 is 1. The summed E-state index contributed by atoms with van der Waals surface area (Å²) in [5.41, 5.74) is 1.58. The number of halogens is 1. The fraction of sp³-hybridized carbons (Fsp3) is 0.222. The highest BCUT2D eigenvalue weighted by molar-refractivity contribution is 9.10. The molecule has 0 fully saturated rings. The average molecular weight is 405 g/mol. The zero-order valence-corrected chi connectivity index (χ0v) is 15.2. The highest BCUT2D eigenvalue weighted by atomic mass is 79.9. The number of hydrogen-bond donors (Lipinski definition) is 1. The van der Waals surface area contributed by atoms with E-state index in [4.69, 9.17) is 4.74 Å². The van der Waals surface area contributed by atoms with Crippen LogP contribution in [0.1, 0.15) is 18.4 Å². The molecule has 0 saturated heterocycles. The molecule has 2 aromatic carbocycles. The molecule has 0 radical (unpaired) electrons. The molecule has 0 spiro atoms. The number of methoxy groups -OCH3 is 1. The van der Waals surface area contributed by atoms with Gasteiger partial charge in [0, 0.05) is 16.6 Å². The van der Waals surface area contributed by atoms with E-state index >= 15 is 0 Å². The molecule has 0 heterocycles. The Hall–Kier alpha value is -2.54. The lowest BCUT2D eigenvalue weighted by atomic mass is 10.1. The van der Waals surface area contributed by atoms with Crippen molar-refractivity contribution in [2.45, 2.75) is 19.3 Å². The number of ketones is 1. The largest absolute Gasteiger partial charge is 0.497 e. The van der Waals surface area contributed by atoms with Gasteiger partial charge in [-0.25, -0.2) is 0 Å². The van der Waals surface area contributed by atoms with Gasteiger partial charge in [-0.1, -0.05) is 12.1 Å². The second-order valence-corrected chi connectivity index (χ2v) is 6.19. The van der Waals surface area contributed by atoms with E-state index in [-0.39, 0.29) is 12.1 Å². The van der Waals surface area contributed by atoms with Crippen LogP contribution in [0.2, 0.25) is 0 Å². The van der Waals surface area contributed by atoms with Crippen LogP contribution in [0.4, 0.5) is 11.4 Å². The Morgan fingerprint density at radius 3 is 2.52 bits per heavy atom. The van der Waals surface area contributed by atoms with Gasteiger partial charge < -0.3 is 10.1 Å². The van der Waals surface area contributed by atoms with Gasteiger partial charge in [-0.05, 0) is 69.8 Å². The molecule has 25 heavy (non-hydrogen) atoms. The molecule has 7 heteroatoms. The zero-order chi connectivity index (χ0) is 18.2. The number of nitrogens with one attached hydrogen (secondary N) is 1. The van der Waals surface area contributed by atoms with Crippen molar-refractivity contribution in [2.75, 3.05) is 12.4 Å². The number of hydrogen-bond acceptors (Lipinski definition) is 5. The second kappa shape index (κ2) is 9.08. The molecule has 0 unspecified atom stereocenters. The third-order valence-electron chi connectivity index (χ3n) is 3.58. The average Bonchev–Trinajstić information content (AvgIpc) is 2.63. The first-order valence-electron chi connectivity index (χ1n) is 7.63. The number of aryl methyl sites for hydroxylation is 1. The monoisotopic (exact) mass is 404 g/mol. The molecule has 0 aliphatic heterocycles. The number of rotatable bonds is 8. The Kier molecular flexibility index (Phi) is 6.82. The van der Waals surface area contributed by atoms with Gasteiger partial charge in [0.15, 0.2) is 0 Å². The van der Waals surface area contributed by atoms with E-state index in [1.807, 2.05) is 24.3 Å². The van der Waals surface area contributed by atoms with Crippen molar-refractivity contribution < 1.29 is 14.3 Å². The van der Waals surface area contributed by atoms with Crippen LogP contribution >= 0.6 is 15.9 Å². The minimum Gasteiger partial charge on any atom is -0.497 e. The number of Topliss-reactive ketones (excluding diaryl/α,β-unsaturated/α-hetero) is 1. The minimum absolute atomic E-state index is 0.146. The van der Waals surface area contributed by atoms with Gasteiger partial charge in [-0.3, -0.25) is 9.59 Å². The second-order valence-electron chi connectivity index (χ2n) is 5.34. The Morgan fingerprint density at radius 2 is 1.88 bits per heavy atom. The molecule has 0 bridgehead atoms. The van der Waals surface area contributed by atoms with Crippen molar-refractivity contribution in [1.29, 1.82) is 0 Å². The van der Waals surface area contributed by atoms with Crippen molar-refractivity contribution in [3.05, 3.63) is 57.4 Å². The van der Waals surface area contributed by atoms with E-state index in [9.17, 15) is 14.5 Å². The van der Waals surface area contributed by atoms with E-state index in [1.54, 1.807) is 19.2 Å². The van der Waals surface area contributed by atoms with Crippen LogP contribution in [0.15, 0.2) is 52.1 Å². The summed E-state index contributed by atoms with van der Waals surface area (Å²) < 4.78 is 5.61. The maximum Gasteiger partial charge on any atom is 0.291 e. The molecule has 6 nitrogen and oxygen atoms in total. The third-order valence-corrected chi connectivity index (χ3v) is 4.25. The van der Waals surface area contributed by atoms with Crippen LogP contribution in [0.5, 0.6) is 5.75 Å². The lowest BCUT2D eigenvalue weighted by Gasteiger charge is -2.06. The highest BCUT2D eigenvalue weighted by Gasteiger charge is 2.14. The summed E-state index contributed by atoms with van der Waals surface area (Å²) in [6, 6.07) is 12.1. The van der Waals surface area contributed by atoms with Crippen molar-refractivity contribution >= 4 is 39.0 Å². The Balaban J connectivity index is 1.83. The lowest BCUT2D eigenvalue weighted by molar-refractivity contribution is -0.134. The number of amides is 1. The van der Waals surface area contributed by atoms with Gasteiger partial charge >= 0.3 is 0 Å². The number of ether oxygens (including phenoxy) is 1. The van der Waals surface area contributed by atoms with Crippen LogP contribution in [0.25, 0.3) is 0 Å². The molecule has 0 aliphatic carbocycles. The fourth-order valence-electron chi connectivity index (χ4n) is 2.22. The molecule has 1 N–H and O–H groups in total. The van der Waals surface area contributed by atoms with E-state index in [1.165, 1.54) is 6.07 Å².